The van der Waals surface area contributed by atoms with E-state index in [-0.39, 0.29) is 12.5 Å². The third kappa shape index (κ3) is 4.07. The lowest BCUT2D eigenvalue weighted by Crippen LogP contribution is -2.23. The van der Waals surface area contributed by atoms with Crippen molar-refractivity contribution in [3.63, 3.8) is 0 Å². The summed E-state index contributed by atoms with van der Waals surface area (Å²) in [7, 11) is 1.62. The highest BCUT2D eigenvalue weighted by molar-refractivity contribution is 5.95. The topological polar surface area (TPSA) is 71.5 Å². The number of aromatic nitrogens is 1. The molecule has 1 amide bonds. The van der Waals surface area contributed by atoms with E-state index in [1.54, 1.807) is 19.5 Å². The van der Waals surface area contributed by atoms with Gasteiger partial charge in [0.1, 0.15) is 5.75 Å². The number of ether oxygens (including phenoxy) is 1. The second-order valence-corrected chi connectivity index (χ2v) is 5.80. The lowest BCUT2D eigenvalue weighted by molar-refractivity contribution is 0.0950. The molecule has 0 aliphatic rings. The maximum atomic E-state index is 12.5. The number of rotatable bonds is 6. The molecule has 5 heteroatoms. The van der Waals surface area contributed by atoms with Gasteiger partial charge >= 0.3 is 0 Å². The fraction of sp³-hybridized carbons (Fsp3) is 0.143. The summed E-state index contributed by atoms with van der Waals surface area (Å²) in [5.41, 5.74) is 4.00. The van der Waals surface area contributed by atoms with E-state index >= 15 is 0 Å². The Morgan fingerprint density at radius 2 is 1.77 bits per heavy atom. The van der Waals surface area contributed by atoms with Crippen molar-refractivity contribution in [1.82, 2.24) is 10.3 Å². The summed E-state index contributed by atoms with van der Waals surface area (Å²) in [4.78, 5) is 16.6. The summed E-state index contributed by atoms with van der Waals surface area (Å²) in [6.45, 7) is 0.295. The van der Waals surface area contributed by atoms with Gasteiger partial charge < -0.3 is 15.2 Å². The fourth-order valence-electron chi connectivity index (χ4n) is 2.67. The highest BCUT2D eigenvalue weighted by Gasteiger charge is 2.09. The van der Waals surface area contributed by atoms with Crippen LogP contribution >= 0.6 is 0 Å². The number of benzene rings is 2. The van der Waals surface area contributed by atoms with E-state index < -0.39 is 0 Å². The average Bonchev–Trinajstić information content (AvgIpc) is 2.72. The Morgan fingerprint density at radius 1 is 1.04 bits per heavy atom. The first-order valence-corrected chi connectivity index (χ1v) is 8.26. The average molecular weight is 348 g/mol. The van der Waals surface area contributed by atoms with Crippen molar-refractivity contribution in [3.8, 4) is 16.9 Å². The highest BCUT2D eigenvalue weighted by Crippen LogP contribution is 2.22. The Kier molecular flexibility index (Phi) is 5.61. The van der Waals surface area contributed by atoms with Crippen molar-refractivity contribution >= 4 is 5.91 Å². The molecule has 0 aliphatic carbocycles. The molecule has 132 valence electrons. The zero-order valence-electron chi connectivity index (χ0n) is 14.5. The van der Waals surface area contributed by atoms with Crippen LogP contribution in [0.25, 0.3) is 11.1 Å². The Morgan fingerprint density at radius 3 is 2.46 bits per heavy atom. The number of nitrogens with one attached hydrogen (secondary N) is 1. The van der Waals surface area contributed by atoms with Crippen molar-refractivity contribution in [3.05, 3.63) is 83.7 Å². The van der Waals surface area contributed by atoms with E-state index in [1.807, 2.05) is 54.6 Å². The van der Waals surface area contributed by atoms with Gasteiger partial charge in [-0.25, -0.2) is 0 Å². The minimum atomic E-state index is -0.208. The van der Waals surface area contributed by atoms with E-state index in [9.17, 15) is 9.90 Å². The van der Waals surface area contributed by atoms with Gasteiger partial charge in [0.2, 0.25) is 0 Å². The van der Waals surface area contributed by atoms with Crippen molar-refractivity contribution in [2.45, 2.75) is 13.2 Å². The van der Waals surface area contributed by atoms with Gasteiger partial charge in [-0.2, -0.15) is 0 Å². The van der Waals surface area contributed by atoms with Crippen LogP contribution in [0.15, 0.2) is 67.0 Å². The van der Waals surface area contributed by atoms with Crippen LogP contribution in [0.2, 0.25) is 0 Å². The predicted molar refractivity (Wildman–Crippen MR) is 99.8 cm³/mol. The van der Waals surface area contributed by atoms with Crippen LogP contribution in [-0.4, -0.2) is 23.1 Å². The molecule has 0 fully saturated rings. The Balaban J connectivity index is 1.73. The van der Waals surface area contributed by atoms with Gasteiger partial charge in [0, 0.05) is 24.5 Å². The summed E-state index contributed by atoms with van der Waals surface area (Å²) >= 11 is 0. The van der Waals surface area contributed by atoms with Gasteiger partial charge in [-0.3, -0.25) is 9.78 Å². The first-order valence-electron chi connectivity index (χ1n) is 8.26. The molecular formula is C21H20N2O3. The van der Waals surface area contributed by atoms with Crippen molar-refractivity contribution < 1.29 is 14.6 Å². The van der Waals surface area contributed by atoms with E-state index in [0.717, 1.165) is 28.0 Å². The molecule has 0 aliphatic heterocycles. The molecule has 0 spiro atoms. The quantitative estimate of drug-likeness (QED) is 0.718. The Bertz CT molecular complexity index is 892. The van der Waals surface area contributed by atoms with Crippen molar-refractivity contribution in [2.75, 3.05) is 7.11 Å². The second kappa shape index (κ2) is 8.27. The lowest BCUT2D eigenvalue weighted by atomic mass is 10.1. The maximum absolute atomic E-state index is 12.5. The lowest BCUT2D eigenvalue weighted by Gasteiger charge is -2.10. The third-order valence-electron chi connectivity index (χ3n) is 4.15. The fourth-order valence-corrected chi connectivity index (χ4v) is 2.67. The zero-order chi connectivity index (χ0) is 18.4. The molecule has 0 saturated carbocycles. The number of methoxy groups -OCH3 is 1. The third-order valence-corrected chi connectivity index (χ3v) is 4.15. The smallest absolute Gasteiger partial charge is 0.253 e. The molecule has 3 aromatic rings. The number of nitrogens with zero attached hydrogens (tertiary/aromatic N) is 1. The van der Waals surface area contributed by atoms with E-state index in [4.69, 9.17) is 4.74 Å². The minimum absolute atomic E-state index is 0.0550. The molecule has 0 bridgehead atoms. The van der Waals surface area contributed by atoms with Crippen LogP contribution in [0.4, 0.5) is 0 Å². The minimum Gasteiger partial charge on any atom is -0.497 e. The first-order chi connectivity index (χ1) is 12.7. The monoisotopic (exact) mass is 348 g/mol. The largest absolute Gasteiger partial charge is 0.497 e. The molecule has 5 nitrogen and oxygen atoms in total. The van der Waals surface area contributed by atoms with Gasteiger partial charge in [0.25, 0.3) is 5.91 Å². The number of amides is 1. The van der Waals surface area contributed by atoms with Crippen molar-refractivity contribution in [1.29, 1.82) is 0 Å². The van der Waals surface area contributed by atoms with Gasteiger partial charge in [-0.05, 0) is 34.9 Å². The number of aliphatic hydroxyl groups is 1. The molecule has 0 atom stereocenters. The standard InChI is InChI=1S/C21H20N2O3/c1-26-20-8-6-15(7-9-20)18-10-19(12-22-11-18)21(25)23-13-16-4-2-3-5-17(16)14-24/h2-12,24H,13-14H2,1H3,(H,23,25). The van der Waals surface area contributed by atoms with E-state index in [2.05, 4.69) is 10.3 Å². The first kappa shape index (κ1) is 17.6. The number of pyridine rings is 1. The molecular weight excluding hydrogens is 328 g/mol. The Labute approximate surface area is 152 Å². The molecule has 1 aromatic heterocycles. The van der Waals surface area contributed by atoms with Crippen LogP contribution in [-0.2, 0) is 13.2 Å². The summed E-state index contributed by atoms with van der Waals surface area (Å²) in [6.07, 6.45) is 3.26. The highest BCUT2D eigenvalue weighted by atomic mass is 16.5. The van der Waals surface area contributed by atoms with Gasteiger partial charge in [-0.15, -0.1) is 0 Å². The normalized spacial score (nSPS) is 10.4. The Hall–Kier alpha value is -3.18. The number of carbonyl (C=O) groups is 1. The maximum Gasteiger partial charge on any atom is 0.253 e. The molecule has 26 heavy (non-hydrogen) atoms. The summed E-state index contributed by atoms with van der Waals surface area (Å²) in [5, 5.41) is 12.2. The van der Waals surface area contributed by atoms with Crippen LogP contribution in [0.5, 0.6) is 5.75 Å². The summed E-state index contributed by atoms with van der Waals surface area (Å²) < 4.78 is 5.16. The molecule has 2 aromatic carbocycles. The number of carbonyl (C=O) groups excluding carboxylic acids is 1. The van der Waals surface area contributed by atoms with Crippen LogP contribution < -0.4 is 10.1 Å². The number of hydrogen-bond acceptors (Lipinski definition) is 4. The zero-order valence-corrected chi connectivity index (χ0v) is 14.5. The van der Waals surface area contributed by atoms with Crippen molar-refractivity contribution in [2.24, 2.45) is 0 Å². The van der Waals surface area contributed by atoms with Gasteiger partial charge in [0.05, 0.1) is 19.3 Å². The molecule has 1 heterocycles. The molecule has 3 rings (SSSR count). The number of aliphatic hydroxyl groups excluding tert-OH is 1. The van der Waals surface area contributed by atoms with Crippen LogP contribution in [0.1, 0.15) is 21.5 Å². The summed E-state index contributed by atoms with van der Waals surface area (Å²) in [6, 6.07) is 16.9. The van der Waals surface area contributed by atoms with E-state index in [1.165, 1.54) is 0 Å². The van der Waals surface area contributed by atoms with Gasteiger partial charge in [0.15, 0.2) is 0 Å². The molecule has 0 saturated heterocycles. The SMILES string of the molecule is COc1ccc(-c2cncc(C(=O)NCc3ccccc3CO)c2)cc1. The molecule has 2 N–H and O–H groups in total. The van der Waals surface area contributed by atoms with Crippen LogP contribution in [0, 0.1) is 0 Å². The van der Waals surface area contributed by atoms with E-state index in [0.29, 0.717) is 12.1 Å². The number of hydrogen-bond donors (Lipinski definition) is 2. The van der Waals surface area contributed by atoms with Gasteiger partial charge in [-0.1, -0.05) is 36.4 Å². The molecule has 0 radical (unpaired) electrons. The van der Waals surface area contributed by atoms with Crippen LogP contribution in [0.3, 0.4) is 0 Å². The second-order valence-electron chi connectivity index (χ2n) is 5.80. The molecule has 0 unspecified atom stereocenters. The predicted octanol–water partition coefficient (Wildman–Crippen LogP) is 3.18. The summed E-state index contributed by atoms with van der Waals surface area (Å²) in [5.74, 6) is 0.568.